The van der Waals surface area contributed by atoms with Crippen LogP contribution in [0.15, 0.2) is 24.3 Å². The van der Waals surface area contributed by atoms with E-state index in [9.17, 15) is 4.79 Å². The van der Waals surface area contributed by atoms with Crippen LogP contribution >= 0.6 is 0 Å². The van der Waals surface area contributed by atoms with E-state index < -0.39 is 0 Å². The van der Waals surface area contributed by atoms with Gasteiger partial charge in [0.25, 0.3) is 0 Å². The quantitative estimate of drug-likeness (QED) is 0.652. The van der Waals surface area contributed by atoms with Crippen molar-refractivity contribution in [2.75, 3.05) is 30.3 Å². The van der Waals surface area contributed by atoms with Crippen LogP contribution in [0.5, 0.6) is 6.01 Å². The first kappa shape index (κ1) is 21.6. The zero-order valence-corrected chi connectivity index (χ0v) is 18.6. The van der Waals surface area contributed by atoms with E-state index in [-0.39, 0.29) is 24.3 Å². The Balaban J connectivity index is 1.54. The van der Waals surface area contributed by atoms with Crippen molar-refractivity contribution in [2.24, 2.45) is 0 Å². The first-order chi connectivity index (χ1) is 15.0. The molecule has 7 nitrogen and oxygen atoms in total. The van der Waals surface area contributed by atoms with Gasteiger partial charge in [0.2, 0.25) is 0 Å². The summed E-state index contributed by atoms with van der Waals surface area (Å²) in [5.41, 5.74) is 9.37. The van der Waals surface area contributed by atoms with E-state index in [4.69, 9.17) is 10.5 Å². The highest BCUT2D eigenvalue weighted by Gasteiger charge is 2.33. The number of ether oxygens (including phenoxy) is 1. The number of nitrogen functional groups attached to an aromatic ring is 1. The normalized spacial score (nSPS) is 19.0. The van der Waals surface area contributed by atoms with Crippen LogP contribution in [0.25, 0.3) is 0 Å². The lowest BCUT2D eigenvalue weighted by atomic mass is 9.97. The van der Waals surface area contributed by atoms with Crippen LogP contribution in [0.1, 0.15) is 56.2 Å². The highest BCUT2D eigenvalue weighted by atomic mass is 16.5. The molecule has 1 unspecified atom stereocenters. The van der Waals surface area contributed by atoms with Crippen LogP contribution in [0, 0.1) is 0 Å². The number of ketones is 1. The summed E-state index contributed by atoms with van der Waals surface area (Å²) in [7, 11) is 0. The van der Waals surface area contributed by atoms with Gasteiger partial charge < -0.3 is 15.4 Å². The Labute approximate surface area is 184 Å². The molecule has 0 bridgehead atoms. The molecular weight excluding hydrogens is 390 g/mol. The Bertz CT molecular complexity index is 909. The third kappa shape index (κ3) is 4.98. The molecule has 1 aromatic heterocycles. The summed E-state index contributed by atoms with van der Waals surface area (Å²) in [6.07, 6.45) is 4.83. The summed E-state index contributed by atoms with van der Waals surface area (Å²) in [5, 5.41) is 0. The molecule has 7 heteroatoms. The van der Waals surface area contributed by atoms with Crippen LogP contribution in [0.3, 0.4) is 0 Å². The maximum Gasteiger partial charge on any atom is 0.320 e. The van der Waals surface area contributed by atoms with Gasteiger partial charge in [-0.2, -0.15) is 9.97 Å². The lowest BCUT2D eigenvalue weighted by molar-refractivity contribution is -0.119. The third-order valence-electron chi connectivity index (χ3n) is 6.26. The van der Waals surface area contributed by atoms with Gasteiger partial charge in [-0.05, 0) is 50.4 Å². The minimum absolute atomic E-state index is 0.133. The van der Waals surface area contributed by atoms with Crippen LogP contribution in [0.4, 0.5) is 11.6 Å². The first-order valence-electron chi connectivity index (χ1n) is 11.4. The number of likely N-dealkylation sites (tertiary alicyclic amines) is 1. The van der Waals surface area contributed by atoms with E-state index in [0.717, 1.165) is 24.9 Å². The fourth-order valence-corrected chi connectivity index (χ4v) is 4.28. The van der Waals surface area contributed by atoms with Crippen molar-refractivity contribution in [3.63, 3.8) is 0 Å². The Morgan fingerprint density at radius 3 is 2.45 bits per heavy atom. The standard InChI is InChI=1S/C24H33N5O2/c1-3-4-13-31-24-26-22(25)20-14-21(30)17(2)29(23(20)27-24)16-19-9-7-18(8-10-19)15-28-11-5-6-12-28/h7-10,17H,3-6,11-16H2,1-2H3,(H2,25,26,27). The topological polar surface area (TPSA) is 84.6 Å². The second-order valence-electron chi connectivity index (χ2n) is 8.64. The van der Waals surface area contributed by atoms with Gasteiger partial charge in [-0.25, -0.2) is 0 Å². The van der Waals surface area contributed by atoms with Crippen LogP contribution in [0.2, 0.25) is 0 Å². The summed E-state index contributed by atoms with van der Waals surface area (Å²) in [6, 6.07) is 8.71. The average molecular weight is 424 g/mol. The number of hydrogen-bond acceptors (Lipinski definition) is 7. The minimum atomic E-state index is -0.269. The van der Waals surface area contributed by atoms with E-state index in [1.807, 2.05) is 11.8 Å². The number of unbranched alkanes of at least 4 members (excludes halogenated alkanes) is 1. The zero-order chi connectivity index (χ0) is 21.8. The molecule has 0 amide bonds. The molecule has 1 atom stereocenters. The second kappa shape index (κ2) is 9.64. The van der Waals surface area contributed by atoms with Crippen LogP contribution in [-0.2, 0) is 24.3 Å². The fraction of sp³-hybridized carbons (Fsp3) is 0.542. The summed E-state index contributed by atoms with van der Waals surface area (Å²) < 4.78 is 5.71. The van der Waals surface area contributed by atoms with Gasteiger partial charge in [-0.3, -0.25) is 9.69 Å². The summed E-state index contributed by atoms with van der Waals surface area (Å²) in [6.45, 7) is 8.58. The number of rotatable bonds is 8. The third-order valence-corrected chi connectivity index (χ3v) is 6.26. The molecule has 2 aromatic rings. The Kier molecular flexibility index (Phi) is 6.70. The van der Waals surface area contributed by atoms with Crippen molar-refractivity contribution in [1.82, 2.24) is 14.9 Å². The number of carbonyl (C=O) groups excluding carboxylic acids is 1. The molecule has 0 saturated carbocycles. The Morgan fingerprint density at radius 1 is 1.10 bits per heavy atom. The molecular formula is C24H33N5O2. The van der Waals surface area contributed by atoms with Crippen LogP contribution in [-0.4, -0.2) is 46.4 Å². The van der Waals surface area contributed by atoms with Crippen molar-refractivity contribution in [3.8, 4) is 6.01 Å². The van der Waals surface area contributed by atoms with Gasteiger partial charge in [-0.1, -0.05) is 37.6 Å². The van der Waals surface area contributed by atoms with Gasteiger partial charge in [-0.15, -0.1) is 0 Å². The largest absolute Gasteiger partial charge is 0.463 e. The fourth-order valence-electron chi connectivity index (χ4n) is 4.28. The van der Waals surface area contributed by atoms with Gasteiger partial charge in [0, 0.05) is 25.1 Å². The van der Waals surface area contributed by atoms with Crippen molar-refractivity contribution < 1.29 is 9.53 Å². The molecule has 4 rings (SSSR count). The number of hydrogen-bond donors (Lipinski definition) is 1. The SMILES string of the molecule is CCCCOc1nc(N)c2c(n1)N(Cc1ccc(CN3CCCC3)cc1)C(C)C(=O)C2. The first-order valence-corrected chi connectivity index (χ1v) is 11.4. The number of benzene rings is 1. The van der Waals surface area contributed by atoms with Crippen molar-refractivity contribution in [3.05, 3.63) is 41.0 Å². The monoisotopic (exact) mass is 423 g/mol. The van der Waals surface area contributed by atoms with Gasteiger partial charge >= 0.3 is 6.01 Å². The van der Waals surface area contributed by atoms with E-state index in [1.165, 1.54) is 31.5 Å². The molecule has 1 saturated heterocycles. The van der Waals surface area contributed by atoms with Crippen molar-refractivity contribution in [2.45, 2.75) is 65.1 Å². The molecule has 0 radical (unpaired) electrons. The van der Waals surface area contributed by atoms with Crippen LogP contribution < -0.4 is 15.4 Å². The Hall–Kier alpha value is -2.67. The molecule has 0 aliphatic carbocycles. The molecule has 1 aromatic carbocycles. The lowest BCUT2D eigenvalue weighted by Crippen LogP contribution is -2.44. The van der Waals surface area contributed by atoms with Crippen molar-refractivity contribution in [1.29, 1.82) is 0 Å². The van der Waals surface area contributed by atoms with E-state index in [0.29, 0.717) is 30.4 Å². The number of carbonyl (C=O) groups is 1. The number of Topliss-reactive ketones (excluding diaryl/α,β-unsaturated/α-hetero) is 1. The summed E-state index contributed by atoms with van der Waals surface area (Å²) >= 11 is 0. The highest BCUT2D eigenvalue weighted by Crippen LogP contribution is 2.33. The molecule has 1 fully saturated rings. The zero-order valence-electron chi connectivity index (χ0n) is 18.6. The maximum atomic E-state index is 12.7. The van der Waals surface area contributed by atoms with E-state index >= 15 is 0 Å². The molecule has 31 heavy (non-hydrogen) atoms. The van der Waals surface area contributed by atoms with E-state index in [2.05, 4.69) is 46.1 Å². The highest BCUT2D eigenvalue weighted by molar-refractivity contribution is 5.93. The lowest BCUT2D eigenvalue weighted by Gasteiger charge is -2.35. The molecule has 2 aliphatic rings. The number of aromatic nitrogens is 2. The van der Waals surface area contributed by atoms with Gasteiger partial charge in [0.15, 0.2) is 5.78 Å². The number of fused-ring (bicyclic) bond motifs is 1. The Morgan fingerprint density at radius 2 is 1.77 bits per heavy atom. The minimum Gasteiger partial charge on any atom is -0.463 e. The number of nitrogens with zero attached hydrogens (tertiary/aromatic N) is 4. The number of nitrogens with two attached hydrogens (primary N) is 1. The van der Waals surface area contributed by atoms with E-state index in [1.54, 1.807) is 0 Å². The molecule has 2 aliphatic heterocycles. The predicted octanol–water partition coefficient (Wildman–Crippen LogP) is 3.35. The van der Waals surface area contributed by atoms with Crippen molar-refractivity contribution >= 4 is 17.4 Å². The van der Waals surface area contributed by atoms with Gasteiger partial charge in [0.1, 0.15) is 11.6 Å². The molecule has 2 N–H and O–H groups in total. The number of anilines is 2. The molecule has 0 spiro atoms. The molecule has 166 valence electrons. The summed E-state index contributed by atoms with van der Waals surface area (Å²) in [5.74, 6) is 1.18. The predicted molar refractivity (Wildman–Crippen MR) is 122 cm³/mol. The average Bonchev–Trinajstić information content (AvgIpc) is 3.27. The second-order valence-corrected chi connectivity index (χ2v) is 8.64. The van der Waals surface area contributed by atoms with Gasteiger partial charge in [0.05, 0.1) is 12.6 Å². The molecule has 3 heterocycles. The summed E-state index contributed by atoms with van der Waals surface area (Å²) in [4.78, 5) is 26.1. The maximum absolute atomic E-state index is 12.7. The smallest absolute Gasteiger partial charge is 0.320 e.